The van der Waals surface area contributed by atoms with Gasteiger partial charge >= 0.3 is 0 Å². The highest BCUT2D eigenvalue weighted by Gasteiger charge is 2.11. The Hall–Kier alpha value is -5.92. The predicted molar refractivity (Wildman–Crippen MR) is 203 cm³/mol. The molecule has 7 rings (SSSR count). The SMILES string of the molecule is CCn1c2ccc(C=CC=C(c3ccccc3)c3ccccc3)cc2c2cc(C=CC=C(c3ccccc3)c3ccccc3)ccc21. The van der Waals surface area contributed by atoms with Gasteiger partial charge in [-0.3, -0.25) is 0 Å². The van der Waals surface area contributed by atoms with Crippen molar-refractivity contribution in [2.45, 2.75) is 13.5 Å². The predicted octanol–water partition coefficient (Wildman–Crippen LogP) is 12.1. The van der Waals surface area contributed by atoms with Crippen LogP contribution in [0.3, 0.4) is 0 Å². The van der Waals surface area contributed by atoms with E-state index in [0.29, 0.717) is 0 Å². The van der Waals surface area contributed by atoms with Crippen LogP contribution in [0.5, 0.6) is 0 Å². The van der Waals surface area contributed by atoms with E-state index in [2.05, 4.69) is 206 Å². The maximum Gasteiger partial charge on any atom is 0.0491 e. The first-order valence-electron chi connectivity index (χ1n) is 16.3. The molecule has 1 heterocycles. The summed E-state index contributed by atoms with van der Waals surface area (Å²) < 4.78 is 2.41. The van der Waals surface area contributed by atoms with Gasteiger partial charge in [0.15, 0.2) is 0 Å². The molecule has 0 atom stereocenters. The average molecular weight is 604 g/mol. The molecule has 0 saturated heterocycles. The van der Waals surface area contributed by atoms with E-state index in [4.69, 9.17) is 0 Å². The first kappa shape index (κ1) is 29.8. The lowest BCUT2D eigenvalue weighted by Gasteiger charge is -2.07. The number of aromatic nitrogens is 1. The first-order chi connectivity index (χ1) is 23.3. The van der Waals surface area contributed by atoms with E-state index in [-0.39, 0.29) is 0 Å². The molecular weight excluding hydrogens is 567 g/mol. The van der Waals surface area contributed by atoms with Gasteiger partial charge in [-0.2, -0.15) is 0 Å². The molecule has 0 bridgehead atoms. The lowest BCUT2D eigenvalue weighted by molar-refractivity contribution is 0.827. The molecule has 0 aliphatic heterocycles. The molecule has 0 aliphatic rings. The van der Waals surface area contributed by atoms with Crippen molar-refractivity contribution in [3.63, 3.8) is 0 Å². The Bertz CT molecular complexity index is 1990. The maximum absolute atomic E-state index is 2.41. The summed E-state index contributed by atoms with van der Waals surface area (Å²) in [5.74, 6) is 0. The standard InChI is InChI=1S/C46H37N/c1-2-47-45-31-29-35(17-15-27-41(37-19-7-3-8-20-37)38-21-9-4-10-22-38)33-43(45)44-34-36(30-32-46(44)47)18-16-28-42(39-23-11-5-12-24-39)40-25-13-6-14-26-40/h3-34H,2H2,1H3. The highest BCUT2D eigenvalue weighted by atomic mass is 15.0. The largest absolute Gasteiger partial charge is 0.341 e. The third kappa shape index (κ3) is 6.57. The van der Waals surface area contributed by atoms with Gasteiger partial charge in [-0.15, -0.1) is 0 Å². The Morgan fingerprint density at radius 1 is 0.447 bits per heavy atom. The molecule has 0 fully saturated rings. The fraction of sp³-hybridized carbons (Fsp3) is 0.0435. The number of allylic oxidation sites excluding steroid dienone is 4. The van der Waals surface area contributed by atoms with Crippen molar-refractivity contribution in [1.29, 1.82) is 0 Å². The van der Waals surface area contributed by atoms with Crippen LogP contribution in [0, 0.1) is 0 Å². The second-order valence-electron chi connectivity index (χ2n) is 11.6. The van der Waals surface area contributed by atoms with Crippen molar-refractivity contribution in [1.82, 2.24) is 4.57 Å². The molecule has 6 aromatic carbocycles. The molecule has 0 aliphatic carbocycles. The van der Waals surface area contributed by atoms with Crippen LogP contribution in [0.4, 0.5) is 0 Å². The van der Waals surface area contributed by atoms with Crippen LogP contribution in [-0.4, -0.2) is 4.57 Å². The van der Waals surface area contributed by atoms with Gasteiger partial charge in [0.2, 0.25) is 0 Å². The molecule has 0 spiro atoms. The van der Waals surface area contributed by atoms with Crippen LogP contribution in [0.15, 0.2) is 182 Å². The van der Waals surface area contributed by atoms with Crippen molar-refractivity contribution < 1.29 is 0 Å². The van der Waals surface area contributed by atoms with Crippen LogP contribution >= 0.6 is 0 Å². The van der Waals surface area contributed by atoms with E-state index < -0.39 is 0 Å². The highest BCUT2D eigenvalue weighted by molar-refractivity contribution is 6.09. The van der Waals surface area contributed by atoms with Crippen molar-refractivity contribution >= 4 is 45.1 Å². The fourth-order valence-corrected chi connectivity index (χ4v) is 6.39. The molecule has 1 nitrogen and oxygen atoms in total. The van der Waals surface area contributed by atoms with E-state index in [0.717, 1.165) is 6.54 Å². The molecule has 1 aromatic heterocycles. The summed E-state index contributed by atoms with van der Waals surface area (Å²) in [5.41, 5.74) is 12.1. The third-order valence-corrected chi connectivity index (χ3v) is 8.67. The average Bonchev–Trinajstić information content (AvgIpc) is 3.45. The van der Waals surface area contributed by atoms with Gasteiger partial charge in [-0.1, -0.05) is 170 Å². The molecular formula is C46H37N. The minimum Gasteiger partial charge on any atom is -0.341 e. The van der Waals surface area contributed by atoms with Gasteiger partial charge in [0, 0.05) is 28.4 Å². The van der Waals surface area contributed by atoms with Gasteiger partial charge in [0.05, 0.1) is 0 Å². The Morgan fingerprint density at radius 2 is 0.787 bits per heavy atom. The lowest BCUT2D eigenvalue weighted by Crippen LogP contribution is -1.92. The zero-order valence-corrected chi connectivity index (χ0v) is 26.6. The highest BCUT2D eigenvalue weighted by Crippen LogP contribution is 2.32. The monoisotopic (exact) mass is 603 g/mol. The number of aryl methyl sites for hydroxylation is 1. The number of rotatable bonds is 9. The van der Waals surface area contributed by atoms with E-state index in [1.807, 2.05) is 0 Å². The van der Waals surface area contributed by atoms with E-state index in [1.165, 1.54) is 66.3 Å². The summed E-state index contributed by atoms with van der Waals surface area (Å²) in [7, 11) is 0. The van der Waals surface area contributed by atoms with E-state index in [1.54, 1.807) is 0 Å². The second kappa shape index (κ2) is 14.0. The summed E-state index contributed by atoms with van der Waals surface area (Å²) in [6.07, 6.45) is 13.2. The normalized spacial score (nSPS) is 11.4. The van der Waals surface area contributed by atoms with Gasteiger partial charge in [-0.25, -0.2) is 0 Å². The van der Waals surface area contributed by atoms with Crippen LogP contribution < -0.4 is 0 Å². The molecule has 0 saturated carbocycles. The third-order valence-electron chi connectivity index (χ3n) is 8.67. The van der Waals surface area contributed by atoms with E-state index in [9.17, 15) is 0 Å². The van der Waals surface area contributed by atoms with Gasteiger partial charge in [0.25, 0.3) is 0 Å². The van der Waals surface area contributed by atoms with Gasteiger partial charge in [0.1, 0.15) is 0 Å². The van der Waals surface area contributed by atoms with Crippen LogP contribution in [-0.2, 0) is 6.54 Å². The molecule has 0 radical (unpaired) electrons. The van der Waals surface area contributed by atoms with Crippen molar-refractivity contribution in [2.75, 3.05) is 0 Å². The van der Waals surface area contributed by atoms with Crippen molar-refractivity contribution in [2.24, 2.45) is 0 Å². The fourth-order valence-electron chi connectivity index (χ4n) is 6.39. The van der Waals surface area contributed by atoms with Crippen LogP contribution in [0.1, 0.15) is 40.3 Å². The number of fused-ring (bicyclic) bond motifs is 3. The van der Waals surface area contributed by atoms with Gasteiger partial charge < -0.3 is 4.57 Å². The molecule has 47 heavy (non-hydrogen) atoms. The van der Waals surface area contributed by atoms with Crippen LogP contribution in [0.25, 0.3) is 45.1 Å². The summed E-state index contributed by atoms with van der Waals surface area (Å²) in [6, 6.07) is 56.0. The Balaban J connectivity index is 1.24. The zero-order chi connectivity index (χ0) is 31.8. The summed E-state index contributed by atoms with van der Waals surface area (Å²) >= 11 is 0. The topological polar surface area (TPSA) is 4.93 Å². The lowest BCUT2D eigenvalue weighted by atomic mass is 9.97. The Labute approximate surface area is 277 Å². The molecule has 0 amide bonds. The number of hydrogen-bond donors (Lipinski definition) is 0. The zero-order valence-electron chi connectivity index (χ0n) is 26.6. The van der Waals surface area contributed by atoms with E-state index >= 15 is 0 Å². The maximum atomic E-state index is 2.41. The molecule has 7 aromatic rings. The minimum atomic E-state index is 0.921. The Kier molecular flexibility index (Phi) is 8.88. The number of hydrogen-bond acceptors (Lipinski definition) is 0. The summed E-state index contributed by atoms with van der Waals surface area (Å²) in [4.78, 5) is 0. The smallest absolute Gasteiger partial charge is 0.0491 e. The molecule has 1 heteroatoms. The first-order valence-corrected chi connectivity index (χ1v) is 16.3. The Morgan fingerprint density at radius 3 is 1.11 bits per heavy atom. The second-order valence-corrected chi connectivity index (χ2v) is 11.6. The van der Waals surface area contributed by atoms with Crippen LogP contribution in [0.2, 0.25) is 0 Å². The minimum absolute atomic E-state index is 0.921. The molecule has 0 N–H and O–H groups in total. The molecule has 0 unspecified atom stereocenters. The summed E-state index contributed by atoms with van der Waals surface area (Å²) in [5, 5.41) is 2.55. The van der Waals surface area contributed by atoms with Gasteiger partial charge in [-0.05, 0) is 75.7 Å². The number of nitrogens with zero attached hydrogens (tertiary/aromatic N) is 1. The van der Waals surface area contributed by atoms with Crippen molar-refractivity contribution in [3.05, 3.63) is 215 Å². The quantitative estimate of drug-likeness (QED) is 0.145. The summed E-state index contributed by atoms with van der Waals surface area (Å²) in [6.45, 7) is 3.14. The van der Waals surface area contributed by atoms with Crippen molar-refractivity contribution in [3.8, 4) is 0 Å². The number of benzene rings is 6. The molecule has 226 valence electrons.